The summed E-state index contributed by atoms with van der Waals surface area (Å²) in [5, 5.41) is 11.8. The maximum atomic E-state index is 6.72. The van der Waals surface area contributed by atoms with Gasteiger partial charge in [0.1, 0.15) is 0 Å². The maximum Gasteiger partial charge on any atom is 0.211 e. The van der Waals surface area contributed by atoms with Crippen LogP contribution in [0.3, 0.4) is 0 Å². The van der Waals surface area contributed by atoms with Crippen molar-refractivity contribution < 1.29 is 0 Å². The van der Waals surface area contributed by atoms with Gasteiger partial charge >= 0.3 is 0 Å². The lowest BCUT2D eigenvalue weighted by Gasteiger charge is -2.10. The molecule has 0 radical (unpaired) electrons. The molecule has 30 heavy (non-hydrogen) atoms. The summed E-state index contributed by atoms with van der Waals surface area (Å²) in [5.74, 6) is 0. The first-order valence-electron chi connectivity index (χ1n) is 9.47. The van der Waals surface area contributed by atoms with Crippen LogP contribution in [0, 0.1) is 6.92 Å². The predicted molar refractivity (Wildman–Crippen MR) is 126 cm³/mol. The summed E-state index contributed by atoms with van der Waals surface area (Å²) >= 11 is 8.27. The fourth-order valence-electron chi connectivity index (χ4n) is 3.50. The summed E-state index contributed by atoms with van der Waals surface area (Å²) in [6.45, 7) is 2.02. The van der Waals surface area contributed by atoms with E-state index in [0.29, 0.717) is 0 Å². The van der Waals surface area contributed by atoms with Gasteiger partial charge in [-0.25, -0.2) is 9.67 Å². The lowest BCUT2D eigenvalue weighted by Crippen LogP contribution is -2.11. The van der Waals surface area contributed by atoms with Gasteiger partial charge in [0, 0.05) is 27.9 Å². The minimum atomic E-state index is 0.769. The molecule has 0 amide bonds. The zero-order chi connectivity index (χ0) is 20.5. The highest BCUT2D eigenvalue weighted by Gasteiger charge is 2.11. The number of rotatable bonds is 3. The first-order chi connectivity index (χ1) is 14.7. The Hall–Kier alpha value is -3.28. The maximum absolute atomic E-state index is 6.72. The molecule has 0 N–H and O–H groups in total. The monoisotopic (exact) mass is 428 g/mol. The first kappa shape index (κ1) is 18.7. The largest absolute Gasteiger partial charge is 0.262 e. The minimum Gasteiger partial charge on any atom is -0.262 e. The molecule has 5 aromatic rings. The van der Waals surface area contributed by atoms with Gasteiger partial charge in [-0.05, 0) is 29.8 Å². The average Bonchev–Trinajstić information content (AvgIpc) is 3.13. The Labute approximate surface area is 182 Å². The summed E-state index contributed by atoms with van der Waals surface area (Å²) in [5.41, 5.74) is 2.85. The lowest BCUT2D eigenvalue weighted by molar-refractivity contribution is 0.810. The number of nitrogens with zero attached hydrogens (tertiary/aromatic N) is 4. The Kier molecular flexibility index (Phi) is 4.91. The number of pyridine rings is 1. The zero-order valence-corrected chi connectivity index (χ0v) is 17.7. The Balaban J connectivity index is 1.72. The molecule has 5 rings (SSSR count). The molecule has 0 fully saturated rings. The van der Waals surface area contributed by atoms with Crippen LogP contribution in [0.1, 0.15) is 11.3 Å². The van der Waals surface area contributed by atoms with Crippen LogP contribution in [-0.2, 0) is 0 Å². The molecule has 4 nitrogen and oxygen atoms in total. The molecule has 3 aromatic carbocycles. The van der Waals surface area contributed by atoms with E-state index in [9.17, 15) is 0 Å². The number of hydrogen-bond acceptors (Lipinski definition) is 4. The van der Waals surface area contributed by atoms with Crippen molar-refractivity contribution in [1.29, 1.82) is 0 Å². The van der Waals surface area contributed by atoms with E-state index in [1.807, 2.05) is 71.7 Å². The second-order valence-electron chi connectivity index (χ2n) is 6.86. The number of fused-ring (bicyclic) bond motifs is 2. The summed E-state index contributed by atoms with van der Waals surface area (Å²) < 4.78 is 1.86. The van der Waals surface area contributed by atoms with Gasteiger partial charge in [0.15, 0.2) is 0 Å². The second kappa shape index (κ2) is 7.86. The van der Waals surface area contributed by atoms with Crippen LogP contribution in [0.5, 0.6) is 0 Å². The molecule has 2 aromatic heterocycles. The van der Waals surface area contributed by atoms with Crippen molar-refractivity contribution in [2.75, 3.05) is 0 Å². The Bertz CT molecular complexity index is 1410. The Morgan fingerprint density at radius 1 is 0.933 bits per heavy atom. The highest BCUT2D eigenvalue weighted by atomic mass is 35.5. The van der Waals surface area contributed by atoms with Gasteiger partial charge in [0.25, 0.3) is 0 Å². The van der Waals surface area contributed by atoms with Crippen molar-refractivity contribution in [3.63, 3.8) is 0 Å². The number of hydrogen-bond donors (Lipinski definition) is 0. The van der Waals surface area contributed by atoms with Crippen molar-refractivity contribution in [1.82, 2.24) is 9.66 Å². The molecule has 0 spiro atoms. The number of halogens is 1. The van der Waals surface area contributed by atoms with E-state index >= 15 is 0 Å². The van der Waals surface area contributed by atoms with Crippen LogP contribution in [0.2, 0.25) is 5.02 Å². The number of thiazole rings is 1. The van der Waals surface area contributed by atoms with Crippen LogP contribution in [0.4, 0.5) is 5.69 Å². The summed E-state index contributed by atoms with van der Waals surface area (Å²) in [4.78, 5) is 9.63. The minimum absolute atomic E-state index is 0.769. The second-order valence-corrected chi connectivity index (χ2v) is 8.07. The van der Waals surface area contributed by atoms with Gasteiger partial charge in [0.05, 0.1) is 28.8 Å². The first-order valence-corrected chi connectivity index (χ1v) is 10.7. The quantitative estimate of drug-likeness (QED) is 0.244. The van der Waals surface area contributed by atoms with E-state index in [1.165, 1.54) is 0 Å². The van der Waals surface area contributed by atoms with E-state index < -0.39 is 0 Å². The molecule has 0 aliphatic carbocycles. The molecule has 2 heterocycles. The normalized spacial score (nSPS) is 12.4. The topological polar surface area (TPSA) is 42.5 Å². The lowest BCUT2D eigenvalue weighted by atomic mass is 9.97. The molecule has 0 aliphatic heterocycles. The molecule has 0 bridgehead atoms. The summed E-state index contributed by atoms with van der Waals surface area (Å²) in [7, 11) is 0. The molecule has 0 saturated heterocycles. The van der Waals surface area contributed by atoms with Crippen molar-refractivity contribution in [2.45, 2.75) is 6.92 Å². The SMILES string of the molecule is Cc1csc(=Nc2cccnc2)n1N=Cc1c2ccccc2c(Cl)c2ccccc12. The molecule has 6 heteroatoms. The van der Waals surface area contributed by atoms with E-state index in [0.717, 1.165) is 48.3 Å². The van der Waals surface area contributed by atoms with Crippen molar-refractivity contribution >= 4 is 56.4 Å². The van der Waals surface area contributed by atoms with Crippen LogP contribution in [0.25, 0.3) is 21.5 Å². The van der Waals surface area contributed by atoms with Crippen molar-refractivity contribution in [3.8, 4) is 0 Å². The van der Waals surface area contributed by atoms with E-state index in [-0.39, 0.29) is 0 Å². The van der Waals surface area contributed by atoms with Crippen molar-refractivity contribution in [2.24, 2.45) is 10.1 Å². The third kappa shape index (κ3) is 3.32. The molecular formula is C24H17ClN4S. The summed E-state index contributed by atoms with van der Waals surface area (Å²) in [6.07, 6.45) is 5.38. The zero-order valence-electron chi connectivity index (χ0n) is 16.2. The summed E-state index contributed by atoms with van der Waals surface area (Å²) in [6, 6.07) is 20.1. The molecule has 146 valence electrons. The third-order valence-electron chi connectivity index (χ3n) is 4.93. The molecule has 0 unspecified atom stereocenters. The van der Waals surface area contributed by atoms with Crippen LogP contribution < -0.4 is 4.80 Å². The van der Waals surface area contributed by atoms with Gasteiger partial charge < -0.3 is 0 Å². The third-order valence-corrected chi connectivity index (χ3v) is 6.27. The van der Waals surface area contributed by atoms with Gasteiger partial charge in [-0.15, -0.1) is 11.3 Å². The highest BCUT2D eigenvalue weighted by Crippen LogP contribution is 2.35. The predicted octanol–water partition coefficient (Wildman–Crippen LogP) is 6.33. The molecular weight excluding hydrogens is 412 g/mol. The van der Waals surface area contributed by atoms with Gasteiger partial charge in [-0.1, -0.05) is 60.1 Å². The Morgan fingerprint density at radius 2 is 1.60 bits per heavy atom. The smallest absolute Gasteiger partial charge is 0.211 e. The van der Waals surface area contributed by atoms with E-state index in [1.54, 1.807) is 23.7 Å². The molecule has 0 atom stereocenters. The van der Waals surface area contributed by atoms with E-state index in [4.69, 9.17) is 21.7 Å². The van der Waals surface area contributed by atoms with Gasteiger partial charge in [-0.3, -0.25) is 4.98 Å². The van der Waals surface area contributed by atoms with Gasteiger partial charge in [0.2, 0.25) is 4.80 Å². The standard InChI is InChI=1S/C24H17ClN4S/c1-16-15-30-24(28-17-7-6-12-26-13-17)29(16)27-14-22-18-8-2-4-10-20(18)23(25)21-11-5-3-9-19(21)22/h2-15H,1H3. The van der Waals surface area contributed by atoms with Crippen LogP contribution >= 0.6 is 22.9 Å². The fraction of sp³-hybridized carbons (Fsp3) is 0.0417. The number of aromatic nitrogens is 2. The highest BCUT2D eigenvalue weighted by molar-refractivity contribution is 7.07. The Morgan fingerprint density at radius 3 is 2.23 bits per heavy atom. The average molecular weight is 429 g/mol. The van der Waals surface area contributed by atoms with E-state index in [2.05, 4.69) is 17.1 Å². The van der Waals surface area contributed by atoms with Crippen molar-refractivity contribution in [3.05, 3.63) is 99.5 Å². The van der Waals surface area contributed by atoms with Crippen LogP contribution in [-0.4, -0.2) is 15.9 Å². The van der Waals surface area contributed by atoms with Crippen LogP contribution in [0.15, 0.2) is 88.5 Å². The number of benzene rings is 3. The molecule has 0 saturated carbocycles. The van der Waals surface area contributed by atoms with Gasteiger partial charge in [-0.2, -0.15) is 5.10 Å². The molecule has 0 aliphatic rings. The number of aryl methyl sites for hydroxylation is 1. The fourth-order valence-corrected chi connectivity index (χ4v) is 4.65.